The zero-order chi connectivity index (χ0) is 14.9. The minimum absolute atomic E-state index is 0.178. The Kier molecular flexibility index (Phi) is 4.13. The van der Waals surface area contributed by atoms with Crippen molar-refractivity contribution in [2.24, 2.45) is 10.9 Å². The molecule has 0 saturated carbocycles. The average molecular weight is 305 g/mol. The van der Waals surface area contributed by atoms with E-state index in [-0.39, 0.29) is 4.75 Å². The van der Waals surface area contributed by atoms with E-state index < -0.39 is 0 Å². The van der Waals surface area contributed by atoms with E-state index in [2.05, 4.69) is 40.6 Å². The lowest BCUT2D eigenvalue weighted by Gasteiger charge is -2.42. The van der Waals surface area contributed by atoms with Gasteiger partial charge in [0.1, 0.15) is 0 Å². The predicted molar refractivity (Wildman–Crippen MR) is 88.2 cm³/mol. The van der Waals surface area contributed by atoms with Gasteiger partial charge in [-0.2, -0.15) is 11.8 Å². The Bertz CT molecular complexity index is 538. The quantitative estimate of drug-likeness (QED) is 0.388. The number of likely N-dealkylation sites (tertiary alicyclic amines) is 1. The Labute approximate surface area is 130 Å². The van der Waals surface area contributed by atoms with E-state index in [4.69, 9.17) is 10.9 Å². The number of benzene rings is 1. The molecule has 114 valence electrons. The van der Waals surface area contributed by atoms with E-state index in [0.717, 1.165) is 32.5 Å². The molecule has 0 bridgehead atoms. The van der Waals surface area contributed by atoms with Crippen molar-refractivity contribution in [2.75, 3.05) is 25.9 Å². The van der Waals surface area contributed by atoms with Crippen LogP contribution in [-0.4, -0.2) is 46.6 Å². The molecule has 1 aliphatic carbocycles. The third-order valence-electron chi connectivity index (χ3n) is 5.07. The Morgan fingerprint density at radius 3 is 2.76 bits per heavy atom. The SMILES string of the molecule is CSC1(C(N)=NO)CCN(CC2Cc3ccccc32)CC1. The number of piperidine rings is 1. The van der Waals surface area contributed by atoms with Crippen molar-refractivity contribution in [2.45, 2.75) is 29.9 Å². The summed E-state index contributed by atoms with van der Waals surface area (Å²) in [5, 5.41) is 12.2. The van der Waals surface area contributed by atoms with Crippen molar-refractivity contribution in [3.05, 3.63) is 35.4 Å². The first kappa shape index (κ1) is 14.7. The fourth-order valence-electron chi connectivity index (χ4n) is 3.59. The molecule has 4 nitrogen and oxygen atoms in total. The fourth-order valence-corrected chi connectivity index (χ4v) is 4.43. The molecule has 2 aliphatic rings. The van der Waals surface area contributed by atoms with Crippen LogP contribution in [0.5, 0.6) is 0 Å². The highest BCUT2D eigenvalue weighted by atomic mass is 32.2. The molecule has 5 heteroatoms. The summed E-state index contributed by atoms with van der Waals surface area (Å²) in [4.78, 5) is 2.53. The monoisotopic (exact) mass is 305 g/mol. The van der Waals surface area contributed by atoms with Crippen molar-refractivity contribution >= 4 is 17.6 Å². The maximum Gasteiger partial charge on any atom is 0.155 e. The number of nitrogens with zero attached hydrogens (tertiary/aromatic N) is 2. The minimum atomic E-state index is -0.178. The second kappa shape index (κ2) is 5.89. The lowest BCUT2D eigenvalue weighted by molar-refractivity contribution is 0.199. The maximum absolute atomic E-state index is 8.99. The van der Waals surface area contributed by atoms with Crippen LogP contribution < -0.4 is 5.73 Å². The van der Waals surface area contributed by atoms with Gasteiger partial charge < -0.3 is 15.8 Å². The van der Waals surface area contributed by atoms with E-state index in [9.17, 15) is 0 Å². The number of fused-ring (bicyclic) bond motifs is 1. The van der Waals surface area contributed by atoms with E-state index >= 15 is 0 Å². The first-order valence-electron chi connectivity index (χ1n) is 7.52. The van der Waals surface area contributed by atoms with Gasteiger partial charge in [-0.05, 0) is 49.7 Å². The summed E-state index contributed by atoms with van der Waals surface area (Å²) >= 11 is 1.71. The zero-order valence-corrected chi connectivity index (χ0v) is 13.3. The molecule has 0 aromatic heterocycles. The summed E-state index contributed by atoms with van der Waals surface area (Å²) in [6, 6.07) is 8.76. The van der Waals surface area contributed by atoms with E-state index in [0.29, 0.717) is 11.8 Å². The molecule has 3 rings (SSSR count). The molecule has 1 atom stereocenters. The van der Waals surface area contributed by atoms with Gasteiger partial charge in [0.15, 0.2) is 5.84 Å². The highest BCUT2D eigenvalue weighted by molar-refractivity contribution is 8.00. The largest absolute Gasteiger partial charge is 0.409 e. The van der Waals surface area contributed by atoms with E-state index in [1.54, 1.807) is 11.8 Å². The van der Waals surface area contributed by atoms with Gasteiger partial charge in [-0.1, -0.05) is 29.4 Å². The summed E-state index contributed by atoms with van der Waals surface area (Å²) < 4.78 is -0.178. The summed E-state index contributed by atoms with van der Waals surface area (Å²) in [6.45, 7) is 3.18. The molecule has 3 N–H and O–H groups in total. The molecule has 1 aromatic rings. The van der Waals surface area contributed by atoms with Crippen molar-refractivity contribution in [1.29, 1.82) is 0 Å². The van der Waals surface area contributed by atoms with Crippen LogP contribution in [0.1, 0.15) is 29.9 Å². The van der Waals surface area contributed by atoms with Crippen LogP contribution in [0.4, 0.5) is 0 Å². The van der Waals surface area contributed by atoms with Crippen molar-refractivity contribution in [1.82, 2.24) is 4.90 Å². The second-order valence-electron chi connectivity index (χ2n) is 6.08. The van der Waals surface area contributed by atoms with Gasteiger partial charge in [-0.15, -0.1) is 0 Å². The zero-order valence-electron chi connectivity index (χ0n) is 12.5. The lowest BCUT2D eigenvalue weighted by Crippen LogP contribution is -2.51. The van der Waals surface area contributed by atoms with Crippen LogP contribution in [0.25, 0.3) is 0 Å². The molecule has 1 unspecified atom stereocenters. The summed E-state index contributed by atoms with van der Waals surface area (Å²) in [6.07, 6.45) is 5.17. The Balaban J connectivity index is 1.58. The third-order valence-corrected chi connectivity index (χ3v) is 6.47. The number of hydrogen-bond acceptors (Lipinski definition) is 4. The summed E-state index contributed by atoms with van der Waals surface area (Å²) in [7, 11) is 0. The highest BCUT2D eigenvalue weighted by Gasteiger charge is 2.39. The number of oxime groups is 1. The molecule has 1 heterocycles. The molecule has 0 amide bonds. The van der Waals surface area contributed by atoms with Crippen LogP contribution in [-0.2, 0) is 6.42 Å². The van der Waals surface area contributed by atoms with Crippen LogP contribution in [0, 0.1) is 0 Å². The minimum Gasteiger partial charge on any atom is -0.409 e. The van der Waals surface area contributed by atoms with Gasteiger partial charge in [0.25, 0.3) is 0 Å². The Morgan fingerprint density at radius 1 is 1.43 bits per heavy atom. The first-order valence-corrected chi connectivity index (χ1v) is 8.74. The number of amidine groups is 1. The molecule has 1 aromatic carbocycles. The van der Waals surface area contributed by atoms with E-state index in [1.807, 2.05) is 0 Å². The molecule has 21 heavy (non-hydrogen) atoms. The van der Waals surface area contributed by atoms with Crippen LogP contribution in [0.2, 0.25) is 0 Å². The molecular formula is C16H23N3OS. The lowest BCUT2D eigenvalue weighted by atomic mass is 9.77. The molecular weight excluding hydrogens is 282 g/mol. The average Bonchev–Trinajstić information content (AvgIpc) is 2.52. The van der Waals surface area contributed by atoms with Gasteiger partial charge in [-0.25, -0.2) is 0 Å². The number of rotatable bonds is 4. The first-order chi connectivity index (χ1) is 10.2. The Morgan fingerprint density at radius 2 is 2.14 bits per heavy atom. The fraction of sp³-hybridized carbons (Fsp3) is 0.562. The standard InChI is InChI=1S/C16H23N3OS/c1-21-16(15(17)18-20)6-8-19(9-7-16)11-13-10-12-4-2-3-5-14(12)13/h2-5,13,20H,6-11H2,1H3,(H2,17,18). The van der Waals surface area contributed by atoms with Crippen LogP contribution >= 0.6 is 11.8 Å². The van der Waals surface area contributed by atoms with Gasteiger partial charge in [0.05, 0.1) is 4.75 Å². The summed E-state index contributed by atoms with van der Waals surface area (Å²) in [5.74, 6) is 1.07. The number of nitrogens with two attached hydrogens (primary N) is 1. The topological polar surface area (TPSA) is 61.9 Å². The number of thioether (sulfide) groups is 1. The van der Waals surface area contributed by atoms with Gasteiger partial charge in [0.2, 0.25) is 0 Å². The number of hydrogen-bond donors (Lipinski definition) is 2. The second-order valence-corrected chi connectivity index (χ2v) is 7.27. The molecule has 0 radical (unpaired) electrons. The molecule has 1 fully saturated rings. The normalized spacial score (nSPS) is 25.2. The van der Waals surface area contributed by atoms with Crippen molar-refractivity contribution in [3.8, 4) is 0 Å². The van der Waals surface area contributed by atoms with Crippen molar-refractivity contribution < 1.29 is 5.21 Å². The molecule has 0 spiro atoms. The third kappa shape index (κ3) is 2.64. The van der Waals surface area contributed by atoms with Crippen LogP contribution in [0.3, 0.4) is 0 Å². The van der Waals surface area contributed by atoms with E-state index in [1.165, 1.54) is 17.5 Å². The molecule has 1 aliphatic heterocycles. The van der Waals surface area contributed by atoms with Crippen LogP contribution in [0.15, 0.2) is 29.4 Å². The molecule has 1 saturated heterocycles. The van der Waals surface area contributed by atoms with Gasteiger partial charge in [-0.3, -0.25) is 0 Å². The van der Waals surface area contributed by atoms with Gasteiger partial charge in [0, 0.05) is 12.5 Å². The van der Waals surface area contributed by atoms with Crippen molar-refractivity contribution in [3.63, 3.8) is 0 Å². The Hall–Kier alpha value is -1.20. The highest BCUT2D eigenvalue weighted by Crippen LogP contribution is 2.38. The smallest absolute Gasteiger partial charge is 0.155 e. The summed E-state index contributed by atoms with van der Waals surface area (Å²) in [5.41, 5.74) is 8.93. The van der Waals surface area contributed by atoms with Gasteiger partial charge >= 0.3 is 0 Å². The predicted octanol–water partition coefficient (Wildman–Crippen LogP) is 2.27. The maximum atomic E-state index is 8.99.